The highest BCUT2D eigenvalue weighted by molar-refractivity contribution is 7.89. The smallest absolute Gasteiger partial charge is 0.244 e. The third kappa shape index (κ3) is 4.00. The van der Waals surface area contributed by atoms with Gasteiger partial charge in [0.1, 0.15) is 10.6 Å². The van der Waals surface area contributed by atoms with E-state index in [1.807, 2.05) is 53.4 Å². The summed E-state index contributed by atoms with van der Waals surface area (Å²) in [5, 5.41) is 6.62. The van der Waals surface area contributed by atoms with Crippen LogP contribution in [0.15, 0.2) is 52.9 Å². The maximum atomic E-state index is 13.1. The molecule has 2 heterocycles. The fourth-order valence-corrected chi connectivity index (χ4v) is 5.43. The Morgan fingerprint density at radius 3 is 2.59 bits per heavy atom. The molecule has 0 radical (unpaired) electrons. The number of sulfonamides is 1. The van der Waals surface area contributed by atoms with E-state index in [4.69, 9.17) is 0 Å². The largest absolute Gasteiger partial charge is 0.268 e. The van der Waals surface area contributed by atoms with E-state index >= 15 is 0 Å². The summed E-state index contributed by atoms with van der Waals surface area (Å²) in [6, 6.07) is 12.0. The summed E-state index contributed by atoms with van der Waals surface area (Å²) < 4.78 is 30.7. The molecule has 2 aromatic heterocycles. The van der Waals surface area contributed by atoms with Gasteiger partial charge in [-0.05, 0) is 36.8 Å². The van der Waals surface area contributed by atoms with E-state index in [1.54, 1.807) is 6.20 Å². The molecule has 0 bridgehead atoms. The lowest BCUT2D eigenvalue weighted by Crippen LogP contribution is -2.23. The van der Waals surface area contributed by atoms with Crippen LogP contribution in [0.25, 0.3) is 10.6 Å². The molecular weight excluding hydrogens is 378 g/mol. The van der Waals surface area contributed by atoms with E-state index in [2.05, 4.69) is 9.82 Å². The van der Waals surface area contributed by atoms with E-state index in [-0.39, 0.29) is 11.4 Å². The fourth-order valence-electron chi connectivity index (χ4n) is 3.47. The number of aromatic nitrogens is 2. The van der Waals surface area contributed by atoms with E-state index in [9.17, 15) is 8.42 Å². The average Bonchev–Trinajstić information content (AvgIpc) is 3.41. The number of hydrogen-bond acceptors (Lipinski definition) is 4. The second kappa shape index (κ2) is 7.58. The Hall–Kier alpha value is -1.96. The average molecular weight is 402 g/mol. The summed E-state index contributed by atoms with van der Waals surface area (Å²) in [4.78, 5) is 1.14. The maximum Gasteiger partial charge on any atom is 0.244 e. The van der Waals surface area contributed by atoms with Gasteiger partial charge in [-0.15, -0.1) is 11.3 Å². The first-order valence-electron chi connectivity index (χ1n) is 9.21. The molecule has 7 heteroatoms. The van der Waals surface area contributed by atoms with Gasteiger partial charge in [-0.2, -0.15) is 5.10 Å². The van der Waals surface area contributed by atoms with Gasteiger partial charge in [0.2, 0.25) is 10.0 Å². The lowest BCUT2D eigenvalue weighted by atomic mass is 10.2. The molecule has 5 nitrogen and oxygen atoms in total. The van der Waals surface area contributed by atoms with Gasteiger partial charge in [-0.1, -0.05) is 48.7 Å². The molecule has 1 aliphatic rings. The third-order valence-electron chi connectivity index (χ3n) is 5.03. The van der Waals surface area contributed by atoms with Gasteiger partial charge >= 0.3 is 0 Å². The SMILES string of the molecule is Cc1ccc(CNS(=O)(=O)c2cn(C3CCCC3)nc2-c2cccs2)cc1. The van der Waals surface area contributed by atoms with Crippen molar-refractivity contribution in [3.63, 3.8) is 0 Å². The van der Waals surface area contributed by atoms with E-state index in [1.165, 1.54) is 24.2 Å². The Kier molecular flexibility index (Phi) is 5.16. The van der Waals surface area contributed by atoms with Gasteiger partial charge in [-0.3, -0.25) is 4.68 Å². The first-order valence-corrected chi connectivity index (χ1v) is 11.6. The molecule has 0 aliphatic heterocycles. The van der Waals surface area contributed by atoms with Crippen LogP contribution in [0.1, 0.15) is 42.9 Å². The number of rotatable bonds is 6. The molecule has 0 spiro atoms. The van der Waals surface area contributed by atoms with Gasteiger partial charge in [0.25, 0.3) is 0 Å². The fraction of sp³-hybridized carbons (Fsp3) is 0.350. The standard InChI is InChI=1S/C20H23N3O2S2/c1-15-8-10-16(11-9-15)13-21-27(24,25)19-14-23(17-5-2-3-6-17)22-20(19)18-7-4-12-26-18/h4,7-12,14,17,21H,2-3,5-6,13H2,1H3. The number of benzene rings is 1. The topological polar surface area (TPSA) is 64.0 Å². The number of thiophene rings is 1. The molecule has 142 valence electrons. The predicted molar refractivity (Wildman–Crippen MR) is 108 cm³/mol. The zero-order valence-corrected chi connectivity index (χ0v) is 16.9. The number of aryl methyl sites for hydroxylation is 1. The van der Waals surface area contributed by atoms with Gasteiger partial charge in [0.15, 0.2) is 0 Å². The van der Waals surface area contributed by atoms with Crippen LogP contribution < -0.4 is 4.72 Å². The highest BCUT2D eigenvalue weighted by Gasteiger charge is 2.27. The number of nitrogens with one attached hydrogen (secondary N) is 1. The molecule has 0 atom stereocenters. The summed E-state index contributed by atoms with van der Waals surface area (Å²) in [5.41, 5.74) is 2.64. The van der Waals surface area contributed by atoms with Crippen LogP contribution in [-0.4, -0.2) is 18.2 Å². The first kappa shape index (κ1) is 18.4. The minimum atomic E-state index is -3.66. The highest BCUT2D eigenvalue weighted by atomic mass is 32.2. The molecular formula is C20H23N3O2S2. The second-order valence-corrected chi connectivity index (χ2v) is 9.73. The van der Waals surface area contributed by atoms with Crippen LogP contribution in [0.2, 0.25) is 0 Å². The Morgan fingerprint density at radius 2 is 1.93 bits per heavy atom. The monoisotopic (exact) mass is 401 g/mol. The maximum absolute atomic E-state index is 13.1. The van der Waals surface area contributed by atoms with Gasteiger partial charge in [-0.25, -0.2) is 13.1 Å². The molecule has 0 amide bonds. The summed E-state index contributed by atoms with van der Waals surface area (Å²) in [6.07, 6.45) is 6.17. The van der Waals surface area contributed by atoms with Crippen molar-refractivity contribution in [1.29, 1.82) is 0 Å². The summed E-state index contributed by atoms with van der Waals surface area (Å²) in [6.45, 7) is 2.28. The second-order valence-electron chi connectivity index (χ2n) is 7.05. The van der Waals surface area contributed by atoms with E-state index in [0.29, 0.717) is 11.7 Å². The molecule has 1 aliphatic carbocycles. The summed E-state index contributed by atoms with van der Waals surface area (Å²) in [5.74, 6) is 0. The first-order chi connectivity index (χ1) is 13.0. The van der Waals surface area contributed by atoms with Crippen molar-refractivity contribution in [3.05, 3.63) is 59.1 Å². The Morgan fingerprint density at radius 1 is 1.19 bits per heavy atom. The lowest BCUT2D eigenvalue weighted by Gasteiger charge is -2.08. The van der Waals surface area contributed by atoms with Crippen LogP contribution in [-0.2, 0) is 16.6 Å². The summed E-state index contributed by atoms with van der Waals surface area (Å²) in [7, 11) is -3.66. The Bertz CT molecular complexity index is 1000. The molecule has 0 saturated heterocycles. The van der Waals surface area contributed by atoms with Gasteiger partial charge in [0, 0.05) is 12.7 Å². The number of nitrogens with zero attached hydrogens (tertiary/aromatic N) is 2. The van der Waals surface area contributed by atoms with Crippen molar-refractivity contribution in [2.24, 2.45) is 0 Å². The minimum absolute atomic E-state index is 0.265. The highest BCUT2D eigenvalue weighted by Crippen LogP contribution is 2.34. The van der Waals surface area contributed by atoms with Crippen LogP contribution in [0.3, 0.4) is 0 Å². The van der Waals surface area contributed by atoms with E-state index in [0.717, 1.165) is 28.8 Å². The molecule has 1 aromatic carbocycles. The Balaban J connectivity index is 1.64. The van der Waals surface area contributed by atoms with Crippen molar-refractivity contribution in [2.75, 3.05) is 0 Å². The van der Waals surface area contributed by atoms with Crippen LogP contribution in [0.4, 0.5) is 0 Å². The molecule has 1 N–H and O–H groups in total. The van der Waals surface area contributed by atoms with Crippen LogP contribution >= 0.6 is 11.3 Å². The Labute approximate surface area is 164 Å². The van der Waals surface area contributed by atoms with Crippen molar-refractivity contribution in [2.45, 2.75) is 50.1 Å². The normalized spacial score (nSPS) is 15.4. The molecule has 1 saturated carbocycles. The van der Waals surface area contributed by atoms with Crippen LogP contribution in [0, 0.1) is 6.92 Å². The van der Waals surface area contributed by atoms with Crippen LogP contribution in [0.5, 0.6) is 0 Å². The molecule has 27 heavy (non-hydrogen) atoms. The van der Waals surface area contributed by atoms with Crippen molar-refractivity contribution in [3.8, 4) is 10.6 Å². The third-order valence-corrected chi connectivity index (χ3v) is 7.31. The number of hydrogen-bond donors (Lipinski definition) is 1. The molecule has 1 fully saturated rings. The molecule has 4 rings (SSSR count). The predicted octanol–water partition coefficient (Wildman–Crippen LogP) is 4.51. The zero-order chi connectivity index (χ0) is 18.9. The van der Waals surface area contributed by atoms with Gasteiger partial charge in [0.05, 0.1) is 10.9 Å². The van der Waals surface area contributed by atoms with Crippen molar-refractivity contribution < 1.29 is 8.42 Å². The zero-order valence-electron chi connectivity index (χ0n) is 15.3. The lowest BCUT2D eigenvalue weighted by molar-refractivity contribution is 0.467. The molecule has 3 aromatic rings. The quantitative estimate of drug-likeness (QED) is 0.661. The minimum Gasteiger partial charge on any atom is -0.268 e. The van der Waals surface area contributed by atoms with Gasteiger partial charge < -0.3 is 0 Å². The van der Waals surface area contributed by atoms with Crippen molar-refractivity contribution in [1.82, 2.24) is 14.5 Å². The summed E-state index contributed by atoms with van der Waals surface area (Å²) >= 11 is 1.51. The van der Waals surface area contributed by atoms with E-state index < -0.39 is 10.0 Å². The molecule has 0 unspecified atom stereocenters. The van der Waals surface area contributed by atoms with Crippen molar-refractivity contribution >= 4 is 21.4 Å².